The molecule has 0 aromatic heterocycles. The first-order valence-corrected chi connectivity index (χ1v) is 5.69. The Morgan fingerprint density at radius 2 is 2.19 bits per heavy atom. The molecule has 1 saturated heterocycles. The second-order valence-electron chi connectivity index (χ2n) is 3.92. The van der Waals surface area contributed by atoms with Gasteiger partial charge in [0.15, 0.2) is 0 Å². The minimum absolute atomic E-state index is 0.0627. The van der Waals surface area contributed by atoms with Gasteiger partial charge in [-0.15, -0.1) is 0 Å². The Hall–Kier alpha value is -1.35. The van der Waals surface area contributed by atoms with Crippen LogP contribution in [0.15, 0.2) is 30.3 Å². The van der Waals surface area contributed by atoms with Gasteiger partial charge < -0.3 is 9.47 Å². The predicted molar refractivity (Wildman–Crippen MR) is 60.3 cm³/mol. The maximum absolute atomic E-state index is 11.8. The zero-order chi connectivity index (χ0) is 11.4. The highest BCUT2D eigenvalue weighted by Crippen LogP contribution is 2.20. The molecular weight excluding hydrogens is 204 g/mol. The van der Waals surface area contributed by atoms with E-state index in [0.29, 0.717) is 12.2 Å². The van der Waals surface area contributed by atoms with Crippen LogP contribution in [-0.4, -0.2) is 24.8 Å². The molecule has 0 aliphatic carbocycles. The van der Waals surface area contributed by atoms with E-state index in [1.807, 2.05) is 25.1 Å². The van der Waals surface area contributed by atoms with Crippen LogP contribution in [0.25, 0.3) is 0 Å². The number of esters is 1. The van der Waals surface area contributed by atoms with Crippen molar-refractivity contribution in [3.8, 4) is 0 Å². The fourth-order valence-electron chi connectivity index (χ4n) is 1.92. The molecule has 3 heteroatoms. The Balaban J connectivity index is 1.97. The first-order chi connectivity index (χ1) is 7.81. The summed E-state index contributed by atoms with van der Waals surface area (Å²) in [6, 6.07) is 9.07. The highest BCUT2D eigenvalue weighted by molar-refractivity contribution is 5.89. The third-order valence-electron chi connectivity index (χ3n) is 2.82. The number of rotatable bonds is 3. The number of carbonyl (C=O) groups is 1. The Morgan fingerprint density at radius 1 is 1.44 bits per heavy atom. The first kappa shape index (κ1) is 11.1. The summed E-state index contributed by atoms with van der Waals surface area (Å²) in [6.45, 7) is 2.73. The number of hydrogen-bond donors (Lipinski definition) is 0. The van der Waals surface area contributed by atoms with Crippen molar-refractivity contribution in [3.05, 3.63) is 35.9 Å². The van der Waals surface area contributed by atoms with Crippen LogP contribution in [0.3, 0.4) is 0 Å². The molecule has 1 aromatic rings. The smallest absolute Gasteiger partial charge is 0.338 e. The van der Waals surface area contributed by atoms with Crippen molar-refractivity contribution < 1.29 is 14.3 Å². The quantitative estimate of drug-likeness (QED) is 0.734. The van der Waals surface area contributed by atoms with Crippen molar-refractivity contribution in [1.29, 1.82) is 0 Å². The topological polar surface area (TPSA) is 35.5 Å². The molecule has 86 valence electrons. The number of benzene rings is 1. The summed E-state index contributed by atoms with van der Waals surface area (Å²) in [4.78, 5) is 11.8. The van der Waals surface area contributed by atoms with Crippen molar-refractivity contribution in [2.24, 2.45) is 0 Å². The molecule has 1 aliphatic heterocycles. The molecule has 16 heavy (non-hydrogen) atoms. The van der Waals surface area contributed by atoms with Gasteiger partial charge in [-0.25, -0.2) is 4.79 Å². The van der Waals surface area contributed by atoms with Gasteiger partial charge in [0.1, 0.15) is 6.10 Å². The van der Waals surface area contributed by atoms with Crippen LogP contribution in [-0.2, 0) is 9.47 Å². The molecule has 1 aromatic carbocycles. The minimum atomic E-state index is -0.255. The minimum Gasteiger partial charge on any atom is -0.456 e. The maximum Gasteiger partial charge on any atom is 0.338 e. The lowest BCUT2D eigenvalue weighted by atomic mass is 10.1. The second kappa shape index (κ2) is 5.12. The van der Waals surface area contributed by atoms with Crippen LogP contribution in [0.2, 0.25) is 0 Å². The standard InChI is InChI=1S/C13H16O3/c1-2-11-12(8-9-15-11)16-13(14)10-6-4-3-5-7-10/h3-7,11-12H,2,8-9H2,1H3/t11-,12+/m1/s1. The zero-order valence-corrected chi connectivity index (χ0v) is 9.39. The normalized spacial score (nSPS) is 24.3. The van der Waals surface area contributed by atoms with Crippen LogP contribution < -0.4 is 0 Å². The maximum atomic E-state index is 11.8. The van der Waals surface area contributed by atoms with Gasteiger partial charge in [0.25, 0.3) is 0 Å². The van der Waals surface area contributed by atoms with Crippen LogP contribution in [0.4, 0.5) is 0 Å². The molecule has 2 rings (SSSR count). The molecule has 0 saturated carbocycles. The van der Waals surface area contributed by atoms with Gasteiger partial charge in [-0.3, -0.25) is 0 Å². The van der Waals surface area contributed by atoms with E-state index in [-0.39, 0.29) is 18.2 Å². The second-order valence-corrected chi connectivity index (χ2v) is 3.92. The summed E-state index contributed by atoms with van der Waals surface area (Å²) >= 11 is 0. The third kappa shape index (κ3) is 2.42. The molecule has 1 heterocycles. The van der Waals surface area contributed by atoms with Crippen molar-refractivity contribution in [2.45, 2.75) is 32.0 Å². The van der Waals surface area contributed by atoms with E-state index in [9.17, 15) is 4.79 Å². The molecule has 0 spiro atoms. The molecule has 1 aliphatic rings. The van der Waals surface area contributed by atoms with Crippen molar-refractivity contribution in [2.75, 3.05) is 6.61 Å². The molecule has 0 radical (unpaired) electrons. The van der Waals surface area contributed by atoms with Crippen molar-refractivity contribution >= 4 is 5.97 Å². The summed E-state index contributed by atoms with van der Waals surface area (Å²) in [5, 5.41) is 0. The monoisotopic (exact) mass is 220 g/mol. The van der Waals surface area contributed by atoms with Crippen LogP contribution in [0, 0.1) is 0 Å². The predicted octanol–water partition coefficient (Wildman–Crippen LogP) is 2.41. The summed E-state index contributed by atoms with van der Waals surface area (Å²) in [5.41, 5.74) is 0.601. The molecular formula is C13H16O3. The van der Waals surface area contributed by atoms with E-state index >= 15 is 0 Å². The fourth-order valence-corrected chi connectivity index (χ4v) is 1.92. The Labute approximate surface area is 95.4 Å². The largest absolute Gasteiger partial charge is 0.456 e. The van der Waals surface area contributed by atoms with E-state index in [0.717, 1.165) is 12.8 Å². The molecule has 2 atom stereocenters. The molecule has 0 amide bonds. The van der Waals surface area contributed by atoms with Crippen molar-refractivity contribution in [3.63, 3.8) is 0 Å². The van der Waals surface area contributed by atoms with E-state index < -0.39 is 0 Å². The number of ether oxygens (including phenoxy) is 2. The lowest BCUT2D eigenvalue weighted by molar-refractivity contribution is -0.000355. The van der Waals surface area contributed by atoms with Gasteiger partial charge in [-0.1, -0.05) is 25.1 Å². The summed E-state index contributed by atoms with van der Waals surface area (Å²) in [5.74, 6) is -0.255. The van der Waals surface area contributed by atoms with E-state index in [2.05, 4.69) is 0 Å². The van der Waals surface area contributed by atoms with Crippen LogP contribution >= 0.6 is 0 Å². The average Bonchev–Trinajstić information content (AvgIpc) is 2.77. The molecule has 0 bridgehead atoms. The van der Waals surface area contributed by atoms with Crippen molar-refractivity contribution in [1.82, 2.24) is 0 Å². The van der Waals surface area contributed by atoms with E-state index in [1.54, 1.807) is 12.1 Å². The SMILES string of the molecule is CC[C@H]1OCC[C@@H]1OC(=O)c1ccccc1. The Bertz CT molecular complexity index is 347. The van der Waals surface area contributed by atoms with Gasteiger partial charge >= 0.3 is 5.97 Å². The lowest BCUT2D eigenvalue weighted by Gasteiger charge is -2.17. The molecule has 0 unspecified atom stereocenters. The molecule has 1 fully saturated rings. The molecule has 3 nitrogen and oxygen atoms in total. The summed E-state index contributed by atoms with van der Waals surface area (Å²) in [6.07, 6.45) is 1.66. The van der Waals surface area contributed by atoms with Gasteiger partial charge in [-0.05, 0) is 18.6 Å². The van der Waals surface area contributed by atoms with E-state index in [4.69, 9.17) is 9.47 Å². The Morgan fingerprint density at radius 3 is 2.88 bits per heavy atom. The lowest BCUT2D eigenvalue weighted by Crippen LogP contribution is -2.26. The summed E-state index contributed by atoms with van der Waals surface area (Å²) < 4.78 is 10.9. The number of carbonyl (C=O) groups excluding carboxylic acids is 1. The van der Waals surface area contributed by atoms with Crippen LogP contribution in [0.5, 0.6) is 0 Å². The first-order valence-electron chi connectivity index (χ1n) is 5.69. The van der Waals surface area contributed by atoms with Gasteiger partial charge in [0, 0.05) is 6.42 Å². The molecule has 0 N–H and O–H groups in total. The van der Waals surface area contributed by atoms with Gasteiger partial charge in [-0.2, -0.15) is 0 Å². The van der Waals surface area contributed by atoms with E-state index in [1.165, 1.54) is 0 Å². The zero-order valence-electron chi connectivity index (χ0n) is 9.39. The van der Waals surface area contributed by atoms with Crippen LogP contribution in [0.1, 0.15) is 30.1 Å². The highest BCUT2D eigenvalue weighted by atomic mass is 16.6. The fraction of sp³-hybridized carbons (Fsp3) is 0.462. The highest BCUT2D eigenvalue weighted by Gasteiger charge is 2.30. The third-order valence-corrected chi connectivity index (χ3v) is 2.82. The van der Waals surface area contributed by atoms with Gasteiger partial charge in [0.2, 0.25) is 0 Å². The average molecular weight is 220 g/mol. The number of hydrogen-bond acceptors (Lipinski definition) is 3. The van der Waals surface area contributed by atoms with Gasteiger partial charge in [0.05, 0.1) is 18.3 Å². The summed E-state index contributed by atoms with van der Waals surface area (Å²) in [7, 11) is 0. The Kier molecular flexibility index (Phi) is 3.57.